The van der Waals surface area contributed by atoms with Gasteiger partial charge in [-0.1, -0.05) is 23.0 Å². The summed E-state index contributed by atoms with van der Waals surface area (Å²) >= 11 is 12.5. The Morgan fingerprint density at radius 2 is 2.29 bits per heavy atom. The zero-order valence-corrected chi connectivity index (χ0v) is 7.05. The van der Waals surface area contributed by atoms with E-state index < -0.39 is 0 Å². The number of hydrogen-bond acceptors (Lipinski definition) is 3. The highest BCUT2D eigenvalue weighted by molar-refractivity contribution is 8.68. The molecule has 0 nitrogen and oxygen atoms in total. The molecule has 0 bridgehead atoms. The Balaban J connectivity index is 2.82. The van der Waals surface area contributed by atoms with Gasteiger partial charge in [-0.2, -0.15) is 0 Å². The van der Waals surface area contributed by atoms with Gasteiger partial charge in [0.1, 0.15) is 0 Å². The Labute approximate surface area is 63.7 Å². The minimum Gasteiger partial charge on any atom is -0.136 e. The van der Waals surface area contributed by atoms with Crippen LogP contribution in [0.1, 0.15) is 6.42 Å². The van der Waals surface area contributed by atoms with Crippen LogP contribution in [0, 0.1) is 0 Å². The van der Waals surface area contributed by atoms with Crippen LogP contribution in [0.2, 0.25) is 0 Å². The van der Waals surface area contributed by atoms with E-state index in [1.807, 2.05) is 0 Å². The average Bonchev–Trinajstić information content (AvgIpc) is 1.61. The summed E-state index contributed by atoms with van der Waals surface area (Å²) in [5.74, 6) is 0.964. The average molecular weight is 170 g/mol. The third-order valence-electron chi connectivity index (χ3n) is 0.407. The minimum atomic E-state index is 0.765. The Hall–Kier alpha value is 1.14. The van der Waals surface area contributed by atoms with Crippen molar-refractivity contribution in [2.75, 3.05) is 5.75 Å². The van der Waals surface area contributed by atoms with Crippen molar-refractivity contribution in [2.24, 2.45) is 0 Å². The normalized spacial score (nSPS) is 8.86. The molecule has 0 rings (SSSR count). The van der Waals surface area contributed by atoms with E-state index >= 15 is 0 Å². The highest BCUT2D eigenvalue weighted by Crippen LogP contribution is 2.07. The first-order valence-corrected chi connectivity index (χ1v) is 4.65. The van der Waals surface area contributed by atoms with Crippen molar-refractivity contribution in [2.45, 2.75) is 6.42 Å². The molecule has 0 saturated heterocycles. The van der Waals surface area contributed by atoms with Crippen molar-refractivity contribution in [3.63, 3.8) is 0 Å². The predicted octanol–water partition coefficient (Wildman–Crippen LogP) is 2.21. The Morgan fingerprint density at radius 3 is 2.43 bits per heavy atom. The molecule has 0 saturated carbocycles. The predicted molar refractivity (Wildman–Crippen MR) is 47.6 cm³/mol. The lowest BCUT2D eigenvalue weighted by Crippen LogP contribution is -1.82. The van der Waals surface area contributed by atoms with E-state index in [-0.39, 0.29) is 0 Å². The Kier molecular flexibility index (Phi) is 6.14. The Morgan fingerprint density at radius 1 is 1.71 bits per heavy atom. The standard InChI is InChI=1S/C3H6S4/c4-3(5)1-2-7-6/h6H,1-2H2,(H,4,5). The first-order chi connectivity index (χ1) is 3.27. The molecule has 0 aromatic carbocycles. The molecular formula is C3H6S4. The molecule has 0 aromatic rings. The van der Waals surface area contributed by atoms with Crippen LogP contribution in [-0.4, -0.2) is 9.95 Å². The fraction of sp³-hybridized carbons (Fsp3) is 0.667. The summed E-state index contributed by atoms with van der Waals surface area (Å²) in [5, 5.41) is 0. The van der Waals surface area contributed by atoms with Crippen LogP contribution in [0.4, 0.5) is 0 Å². The molecule has 0 amide bonds. The van der Waals surface area contributed by atoms with Gasteiger partial charge in [0.2, 0.25) is 0 Å². The van der Waals surface area contributed by atoms with Crippen molar-refractivity contribution >= 4 is 51.5 Å². The van der Waals surface area contributed by atoms with Gasteiger partial charge >= 0.3 is 0 Å². The fourth-order valence-corrected chi connectivity index (χ4v) is 1.20. The maximum atomic E-state index is 4.68. The maximum Gasteiger partial charge on any atom is 0.0456 e. The zero-order chi connectivity index (χ0) is 5.70. The first kappa shape index (κ1) is 8.14. The molecule has 0 aliphatic carbocycles. The second-order valence-electron chi connectivity index (χ2n) is 0.977. The van der Waals surface area contributed by atoms with E-state index in [1.165, 1.54) is 10.8 Å². The quantitative estimate of drug-likeness (QED) is 0.379. The molecule has 0 atom stereocenters. The molecule has 0 N–H and O–H groups in total. The monoisotopic (exact) mass is 170 g/mol. The highest BCUT2D eigenvalue weighted by Gasteiger charge is 1.85. The number of thiol groups is 2. The summed E-state index contributed by atoms with van der Waals surface area (Å²) < 4.78 is 0.765. The number of thiocarbonyl (C=S) groups is 1. The fourth-order valence-electron chi connectivity index (χ4n) is 0.133. The molecule has 0 unspecified atom stereocenters. The van der Waals surface area contributed by atoms with Crippen LogP contribution in [0.15, 0.2) is 0 Å². The van der Waals surface area contributed by atoms with Gasteiger partial charge in [-0.05, 0) is 6.42 Å². The van der Waals surface area contributed by atoms with E-state index in [9.17, 15) is 0 Å². The van der Waals surface area contributed by atoms with Crippen LogP contribution in [0.25, 0.3) is 0 Å². The molecule has 0 heterocycles. The van der Waals surface area contributed by atoms with Gasteiger partial charge in [-0.15, -0.1) is 24.3 Å². The van der Waals surface area contributed by atoms with E-state index in [4.69, 9.17) is 0 Å². The summed E-state index contributed by atoms with van der Waals surface area (Å²) in [4.78, 5) is 0. The second kappa shape index (κ2) is 5.28. The van der Waals surface area contributed by atoms with Gasteiger partial charge in [0.25, 0.3) is 0 Å². The third kappa shape index (κ3) is 7.14. The molecule has 42 valence electrons. The number of hydrogen-bond donors (Lipinski definition) is 2. The van der Waals surface area contributed by atoms with Gasteiger partial charge in [0, 0.05) is 9.95 Å². The summed E-state index contributed by atoms with van der Waals surface area (Å²) in [6, 6.07) is 0. The Bertz CT molecular complexity index is 60.0. The molecule has 0 radical (unpaired) electrons. The summed E-state index contributed by atoms with van der Waals surface area (Å²) in [5.41, 5.74) is 0. The largest absolute Gasteiger partial charge is 0.136 e. The molecule has 4 heteroatoms. The van der Waals surface area contributed by atoms with Crippen LogP contribution in [0.3, 0.4) is 0 Å². The smallest absolute Gasteiger partial charge is 0.0456 e. The lowest BCUT2D eigenvalue weighted by atomic mass is 10.6. The molecule has 0 fully saturated rings. The van der Waals surface area contributed by atoms with E-state index in [0.717, 1.165) is 16.4 Å². The first-order valence-electron chi connectivity index (χ1n) is 1.75. The van der Waals surface area contributed by atoms with Crippen LogP contribution >= 0.6 is 47.3 Å². The van der Waals surface area contributed by atoms with Gasteiger partial charge in [0.15, 0.2) is 0 Å². The summed E-state index contributed by atoms with van der Waals surface area (Å²) in [6.45, 7) is 0. The van der Waals surface area contributed by atoms with Crippen LogP contribution in [0.5, 0.6) is 0 Å². The topological polar surface area (TPSA) is 0 Å². The summed E-state index contributed by atoms with van der Waals surface area (Å²) in [6.07, 6.45) is 0.882. The third-order valence-corrected chi connectivity index (χ3v) is 1.77. The van der Waals surface area contributed by atoms with Gasteiger partial charge < -0.3 is 0 Å². The maximum absolute atomic E-state index is 4.68. The van der Waals surface area contributed by atoms with E-state index in [0.29, 0.717) is 0 Å². The van der Waals surface area contributed by atoms with E-state index in [1.54, 1.807) is 0 Å². The number of rotatable bonds is 3. The van der Waals surface area contributed by atoms with Crippen molar-refractivity contribution in [1.82, 2.24) is 0 Å². The van der Waals surface area contributed by atoms with E-state index in [2.05, 4.69) is 36.5 Å². The molecule has 7 heavy (non-hydrogen) atoms. The summed E-state index contributed by atoms with van der Waals surface area (Å²) in [7, 11) is 1.49. The SMILES string of the molecule is S=C(S)CCSS. The highest BCUT2D eigenvalue weighted by atomic mass is 33.1. The van der Waals surface area contributed by atoms with Gasteiger partial charge in [-0.25, -0.2) is 0 Å². The molecular weight excluding hydrogens is 164 g/mol. The van der Waals surface area contributed by atoms with Crippen molar-refractivity contribution < 1.29 is 0 Å². The minimum absolute atomic E-state index is 0.765. The second-order valence-corrected chi connectivity index (χ2v) is 3.75. The zero-order valence-electron chi connectivity index (χ0n) is 3.63. The van der Waals surface area contributed by atoms with Crippen LogP contribution in [-0.2, 0) is 0 Å². The lowest BCUT2D eigenvalue weighted by molar-refractivity contribution is 1.38. The van der Waals surface area contributed by atoms with Crippen molar-refractivity contribution in [1.29, 1.82) is 0 Å². The lowest BCUT2D eigenvalue weighted by Gasteiger charge is -1.88. The van der Waals surface area contributed by atoms with Crippen molar-refractivity contribution in [3.05, 3.63) is 0 Å². The molecule has 0 spiro atoms. The van der Waals surface area contributed by atoms with Gasteiger partial charge in [-0.3, -0.25) is 0 Å². The van der Waals surface area contributed by atoms with Crippen LogP contribution < -0.4 is 0 Å². The van der Waals surface area contributed by atoms with Gasteiger partial charge in [0.05, 0.1) is 0 Å². The van der Waals surface area contributed by atoms with Crippen molar-refractivity contribution in [3.8, 4) is 0 Å². The molecule has 0 aromatic heterocycles. The molecule has 0 aliphatic heterocycles. The molecule has 0 aliphatic rings.